The number of rotatable bonds is 6. The molecule has 2 aliphatic heterocycles. The van der Waals surface area contributed by atoms with E-state index >= 15 is 0 Å². The van der Waals surface area contributed by atoms with Gasteiger partial charge in [-0.3, -0.25) is 14.3 Å². The van der Waals surface area contributed by atoms with Gasteiger partial charge >= 0.3 is 11.9 Å². The van der Waals surface area contributed by atoms with Crippen molar-refractivity contribution in [1.82, 2.24) is 0 Å². The molecule has 2 aliphatic rings. The number of hydrogen-bond acceptors (Lipinski definition) is 8. The van der Waals surface area contributed by atoms with Crippen molar-refractivity contribution in [2.24, 2.45) is 0 Å². The summed E-state index contributed by atoms with van der Waals surface area (Å²) in [6, 6.07) is 13.0. The maximum absolute atomic E-state index is 12.0. The SMILES string of the molecule is COc1cc(OCc2ccccc2)c2c(c1)O[C@H]1O[C@H](OC(C)=O)C[C@@]21OC(C)=O. The standard InChI is InChI=1S/C22H22O8/c1-13(23)27-19-11-22(30-14(2)24)20-17(26-12-15-7-5-4-6-8-15)9-16(25-3)10-18(20)28-21(22)29-19/h4-10,19,21H,11-12H2,1-3H3/t19-,21-,22+/m0/s1. The van der Waals surface area contributed by atoms with Crippen LogP contribution in [0, 0.1) is 0 Å². The molecule has 2 aromatic carbocycles. The first-order valence-electron chi connectivity index (χ1n) is 9.49. The van der Waals surface area contributed by atoms with Gasteiger partial charge in [0.1, 0.15) is 23.9 Å². The Hall–Kier alpha value is -3.26. The number of carbonyl (C=O) groups is 2. The quantitative estimate of drug-likeness (QED) is 0.667. The Morgan fingerprint density at radius 3 is 2.57 bits per heavy atom. The molecule has 0 spiro atoms. The van der Waals surface area contributed by atoms with E-state index in [1.54, 1.807) is 12.1 Å². The molecule has 4 rings (SSSR count). The van der Waals surface area contributed by atoms with Crippen molar-refractivity contribution in [2.75, 3.05) is 7.11 Å². The topological polar surface area (TPSA) is 89.5 Å². The number of hydrogen-bond donors (Lipinski definition) is 0. The first-order valence-corrected chi connectivity index (χ1v) is 9.49. The van der Waals surface area contributed by atoms with Gasteiger partial charge in [0.15, 0.2) is 0 Å². The summed E-state index contributed by atoms with van der Waals surface area (Å²) in [5, 5.41) is 0. The third-order valence-electron chi connectivity index (χ3n) is 4.92. The largest absolute Gasteiger partial charge is 0.496 e. The van der Waals surface area contributed by atoms with Gasteiger partial charge < -0.3 is 23.7 Å². The fourth-order valence-corrected chi connectivity index (χ4v) is 3.79. The van der Waals surface area contributed by atoms with E-state index in [1.165, 1.54) is 21.0 Å². The van der Waals surface area contributed by atoms with Crippen molar-refractivity contribution in [3.63, 3.8) is 0 Å². The molecule has 2 heterocycles. The molecule has 3 atom stereocenters. The van der Waals surface area contributed by atoms with Gasteiger partial charge in [0.25, 0.3) is 0 Å². The third-order valence-corrected chi connectivity index (χ3v) is 4.92. The van der Waals surface area contributed by atoms with Crippen molar-refractivity contribution in [3.8, 4) is 17.2 Å². The summed E-state index contributed by atoms with van der Waals surface area (Å²) in [6.45, 7) is 2.87. The van der Waals surface area contributed by atoms with E-state index in [0.29, 0.717) is 22.8 Å². The minimum atomic E-state index is -1.31. The fraction of sp³-hybridized carbons (Fsp3) is 0.364. The molecule has 0 aromatic heterocycles. The monoisotopic (exact) mass is 414 g/mol. The highest BCUT2D eigenvalue weighted by Gasteiger charge is 2.62. The average Bonchev–Trinajstić information content (AvgIpc) is 3.16. The smallest absolute Gasteiger partial charge is 0.304 e. The van der Waals surface area contributed by atoms with E-state index in [4.69, 9.17) is 28.4 Å². The second-order valence-electron chi connectivity index (χ2n) is 7.09. The van der Waals surface area contributed by atoms with Crippen LogP contribution < -0.4 is 14.2 Å². The Kier molecular flexibility index (Phi) is 5.26. The van der Waals surface area contributed by atoms with Gasteiger partial charge in [-0.05, 0) is 5.56 Å². The summed E-state index contributed by atoms with van der Waals surface area (Å²) < 4.78 is 34.0. The number of benzene rings is 2. The molecule has 1 fully saturated rings. The molecule has 0 amide bonds. The molecule has 0 aliphatic carbocycles. The van der Waals surface area contributed by atoms with Crippen molar-refractivity contribution >= 4 is 11.9 Å². The van der Waals surface area contributed by atoms with E-state index in [9.17, 15) is 9.59 Å². The summed E-state index contributed by atoms with van der Waals surface area (Å²) >= 11 is 0. The number of esters is 2. The van der Waals surface area contributed by atoms with Crippen LogP contribution in [0.25, 0.3) is 0 Å². The first kappa shape index (κ1) is 20.0. The minimum absolute atomic E-state index is 0.0812. The molecular weight excluding hydrogens is 392 g/mol. The van der Waals surface area contributed by atoms with Gasteiger partial charge in [-0.1, -0.05) is 30.3 Å². The highest BCUT2D eigenvalue weighted by Crippen LogP contribution is 2.56. The van der Waals surface area contributed by atoms with Crippen LogP contribution in [0.3, 0.4) is 0 Å². The van der Waals surface area contributed by atoms with Gasteiger partial charge in [-0.25, -0.2) is 0 Å². The number of carbonyl (C=O) groups excluding carboxylic acids is 2. The van der Waals surface area contributed by atoms with E-state index in [2.05, 4.69) is 0 Å². The normalized spacial score (nSPS) is 23.7. The van der Waals surface area contributed by atoms with Crippen LogP contribution in [-0.2, 0) is 36.0 Å². The van der Waals surface area contributed by atoms with Crippen LogP contribution in [0.15, 0.2) is 42.5 Å². The molecule has 0 unspecified atom stereocenters. The van der Waals surface area contributed by atoms with E-state index in [-0.39, 0.29) is 13.0 Å². The van der Waals surface area contributed by atoms with E-state index < -0.39 is 30.1 Å². The highest BCUT2D eigenvalue weighted by atomic mass is 16.8. The maximum Gasteiger partial charge on any atom is 0.304 e. The number of methoxy groups -OCH3 is 1. The molecule has 8 nitrogen and oxygen atoms in total. The number of fused-ring (bicyclic) bond motifs is 3. The van der Waals surface area contributed by atoms with Crippen LogP contribution in [0.1, 0.15) is 31.4 Å². The van der Waals surface area contributed by atoms with Gasteiger partial charge in [0.2, 0.25) is 18.2 Å². The molecule has 0 N–H and O–H groups in total. The van der Waals surface area contributed by atoms with Crippen LogP contribution in [0.5, 0.6) is 17.2 Å². The minimum Gasteiger partial charge on any atom is -0.496 e. The molecule has 2 aromatic rings. The van der Waals surface area contributed by atoms with Crippen LogP contribution >= 0.6 is 0 Å². The Bertz CT molecular complexity index is 957. The summed E-state index contributed by atoms with van der Waals surface area (Å²) in [6.07, 6.45) is -1.81. The zero-order valence-electron chi connectivity index (χ0n) is 16.9. The average molecular weight is 414 g/mol. The Labute approximate surface area is 173 Å². The lowest BCUT2D eigenvalue weighted by Crippen LogP contribution is -2.38. The highest BCUT2D eigenvalue weighted by molar-refractivity contribution is 5.69. The third kappa shape index (κ3) is 3.66. The zero-order chi connectivity index (χ0) is 21.3. The second-order valence-corrected chi connectivity index (χ2v) is 7.09. The Morgan fingerprint density at radius 2 is 1.90 bits per heavy atom. The fourth-order valence-electron chi connectivity index (χ4n) is 3.79. The zero-order valence-corrected chi connectivity index (χ0v) is 16.9. The predicted octanol–water partition coefficient (Wildman–Crippen LogP) is 3.06. The molecule has 30 heavy (non-hydrogen) atoms. The molecule has 8 heteroatoms. The summed E-state index contributed by atoms with van der Waals surface area (Å²) in [5.41, 5.74) is 0.181. The van der Waals surface area contributed by atoms with Crippen LogP contribution in [-0.4, -0.2) is 31.6 Å². The van der Waals surface area contributed by atoms with Crippen molar-refractivity contribution < 1.29 is 38.0 Å². The van der Waals surface area contributed by atoms with Gasteiger partial charge in [-0.2, -0.15) is 0 Å². The van der Waals surface area contributed by atoms with Crippen molar-refractivity contribution in [3.05, 3.63) is 53.6 Å². The molecule has 0 bridgehead atoms. The molecular formula is C22H22O8. The summed E-state index contributed by atoms with van der Waals surface area (Å²) in [5.74, 6) is 0.349. The van der Waals surface area contributed by atoms with Gasteiger partial charge in [-0.15, -0.1) is 0 Å². The summed E-state index contributed by atoms with van der Waals surface area (Å²) in [4.78, 5) is 23.4. The Morgan fingerprint density at radius 1 is 1.13 bits per heavy atom. The first-order chi connectivity index (χ1) is 14.4. The second kappa shape index (κ2) is 7.87. The molecule has 1 saturated heterocycles. The molecule has 0 saturated carbocycles. The van der Waals surface area contributed by atoms with Crippen molar-refractivity contribution in [1.29, 1.82) is 0 Å². The number of ether oxygens (including phenoxy) is 6. The molecule has 0 radical (unpaired) electrons. The van der Waals surface area contributed by atoms with Gasteiger partial charge in [0, 0.05) is 26.0 Å². The molecule has 158 valence electrons. The van der Waals surface area contributed by atoms with E-state index in [1.807, 2.05) is 30.3 Å². The lowest BCUT2D eigenvalue weighted by atomic mass is 9.91. The van der Waals surface area contributed by atoms with Crippen LogP contribution in [0.4, 0.5) is 0 Å². The van der Waals surface area contributed by atoms with Crippen molar-refractivity contribution in [2.45, 2.75) is 45.1 Å². The van der Waals surface area contributed by atoms with Gasteiger partial charge in [0.05, 0.1) is 19.1 Å². The Balaban J connectivity index is 1.74. The lowest BCUT2D eigenvalue weighted by molar-refractivity contribution is -0.204. The van der Waals surface area contributed by atoms with Crippen LogP contribution in [0.2, 0.25) is 0 Å². The predicted molar refractivity (Wildman–Crippen MR) is 103 cm³/mol. The maximum atomic E-state index is 12.0. The summed E-state index contributed by atoms with van der Waals surface area (Å²) in [7, 11) is 1.54. The lowest BCUT2D eigenvalue weighted by Gasteiger charge is -2.27. The van der Waals surface area contributed by atoms with E-state index in [0.717, 1.165) is 5.56 Å².